The molecule has 0 amide bonds. The fourth-order valence-corrected chi connectivity index (χ4v) is 1.74. The molecule has 4 nitrogen and oxygen atoms in total. The van der Waals surface area contributed by atoms with Crippen LogP contribution in [-0.4, -0.2) is 18.2 Å². The molecule has 0 spiro atoms. The highest BCUT2D eigenvalue weighted by molar-refractivity contribution is 5.89. The number of benzene rings is 1. The monoisotopic (exact) mass is 291 g/mol. The molecular formula is C17H25NO3. The fourth-order valence-electron chi connectivity index (χ4n) is 1.74. The maximum Gasteiger partial charge on any atom is 0.336 e. The number of carbonyl (C=O) groups excluding carboxylic acids is 1. The lowest BCUT2D eigenvalue weighted by atomic mass is 10.1. The summed E-state index contributed by atoms with van der Waals surface area (Å²) in [5.41, 5.74) is 7.31. The van der Waals surface area contributed by atoms with Gasteiger partial charge < -0.3 is 15.2 Å². The van der Waals surface area contributed by atoms with E-state index >= 15 is 0 Å². The molecule has 1 aromatic carbocycles. The van der Waals surface area contributed by atoms with Gasteiger partial charge in [0.2, 0.25) is 0 Å². The molecule has 0 saturated heterocycles. The van der Waals surface area contributed by atoms with E-state index < -0.39 is 5.60 Å². The Morgan fingerprint density at radius 2 is 1.81 bits per heavy atom. The number of rotatable bonds is 6. The predicted molar refractivity (Wildman–Crippen MR) is 83.4 cm³/mol. The minimum atomic E-state index is -0.525. The molecule has 0 bridgehead atoms. The lowest BCUT2D eigenvalue weighted by Crippen LogP contribution is -2.26. The number of ether oxygens (including phenoxy) is 2. The molecule has 0 aliphatic rings. The van der Waals surface area contributed by atoms with Crippen molar-refractivity contribution in [2.45, 2.75) is 46.3 Å². The van der Waals surface area contributed by atoms with Gasteiger partial charge in [0, 0.05) is 12.1 Å². The van der Waals surface area contributed by atoms with Crippen LogP contribution in [0.15, 0.2) is 41.6 Å². The molecule has 0 aliphatic carbocycles. The minimum Gasteiger partial charge on any atom is -0.457 e. The summed E-state index contributed by atoms with van der Waals surface area (Å²) < 4.78 is 10.9. The zero-order valence-corrected chi connectivity index (χ0v) is 13.3. The maximum absolute atomic E-state index is 12.0. The van der Waals surface area contributed by atoms with Gasteiger partial charge in [-0.25, -0.2) is 4.79 Å². The predicted octanol–water partition coefficient (Wildman–Crippen LogP) is 3.17. The van der Waals surface area contributed by atoms with E-state index in [0.29, 0.717) is 30.9 Å². The van der Waals surface area contributed by atoms with Gasteiger partial charge in [-0.15, -0.1) is 0 Å². The standard InChI is InChI=1S/C17H25NO3/c1-13(18)15(16(19)21-17(2,3)4)10-11-20-12-14-8-6-5-7-9-14/h5-9H,10-12,18H2,1-4H3/b15-13-. The summed E-state index contributed by atoms with van der Waals surface area (Å²) in [4.78, 5) is 12.0. The molecular weight excluding hydrogens is 266 g/mol. The third-order valence-corrected chi connectivity index (χ3v) is 2.73. The second-order valence-electron chi connectivity index (χ2n) is 5.95. The Kier molecular flexibility index (Phi) is 6.43. The van der Waals surface area contributed by atoms with Crippen molar-refractivity contribution in [2.75, 3.05) is 6.61 Å². The van der Waals surface area contributed by atoms with Crippen LogP contribution in [0, 0.1) is 0 Å². The first-order chi connectivity index (χ1) is 9.79. The zero-order valence-electron chi connectivity index (χ0n) is 13.3. The number of hydrogen-bond donors (Lipinski definition) is 1. The maximum atomic E-state index is 12.0. The summed E-state index contributed by atoms with van der Waals surface area (Å²) in [6, 6.07) is 9.89. The van der Waals surface area contributed by atoms with Crippen LogP contribution in [-0.2, 0) is 20.9 Å². The Balaban J connectivity index is 2.46. The molecule has 0 unspecified atom stereocenters. The molecule has 0 radical (unpaired) electrons. The van der Waals surface area contributed by atoms with Gasteiger partial charge in [0.15, 0.2) is 0 Å². The number of carbonyl (C=O) groups is 1. The van der Waals surface area contributed by atoms with Crippen LogP contribution in [0.2, 0.25) is 0 Å². The van der Waals surface area contributed by atoms with Crippen molar-refractivity contribution in [1.29, 1.82) is 0 Å². The molecule has 0 fully saturated rings. The van der Waals surface area contributed by atoms with Crippen LogP contribution in [0.5, 0.6) is 0 Å². The smallest absolute Gasteiger partial charge is 0.336 e. The topological polar surface area (TPSA) is 61.5 Å². The average molecular weight is 291 g/mol. The lowest BCUT2D eigenvalue weighted by molar-refractivity contribution is -0.150. The summed E-state index contributed by atoms with van der Waals surface area (Å²) in [5, 5.41) is 0. The van der Waals surface area contributed by atoms with Crippen molar-refractivity contribution < 1.29 is 14.3 Å². The molecule has 0 saturated carbocycles. The molecule has 4 heteroatoms. The second kappa shape index (κ2) is 7.84. The van der Waals surface area contributed by atoms with Crippen LogP contribution in [0.25, 0.3) is 0 Å². The summed E-state index contributed by atoms with van der Waals surface area (Å²) in [6.07, 6.45) is 0.448. The molecule has 0 aromatic heterocycles. The van der Waals surface area contributed by atoms with Crippen molar-refractivity contribution >= 4 is 5.97 Å². The molecule has 2 N–H and O–H groups in total. The zero-order chi connectivity index (χ0) is 15.9. The largest absolute Gasteiger partial charge is 0.457 e. The van der Waals surface area contributed by atoms with Crippen LogP contribution < -0.4 is 5.73 Å². The quantitative estimate of drug-likeness (QED) is 0.497. The first-order valence-corrected chi connectivity index (χ1v) is 7.10. The third kappa shape index (κ3) is 6.95. The Hall–Kier alpha value is -1.81. The fraction of sp³-hybridized carbons (Fsp3) is 0.471. The molecule has 1 rings (SSSR count). The third-order valence-electron chi connectivity index (χ3n) is 2.73. The van der Waals surface area contributed by atoms with Crippen molar-refractivity contribution in [1.82, 2.24) is 0 Å². The molecule has 116 valence electrons. The van der Waals surface area contributed by atoms with Crippen LogP contribution in [0.4, 0.5) is 0 Å². The van der Waals surface area contributed by atoms with Crippen LogP contribution in [0.3, 0.4) is 0 Å². The number of hydrogen-bond acceptors (Lipinski definition) is 4. The van der Waals surface area contributed by atoms with E-state index in [1.54, 1.807) is 6.92 Å². The first kappa shape index (κ1) is 17.2. The molecule has 21 heavy (non-hydrogen) atoms. The molecule has 1 aromatic rings. The summed E-state index contributed by atoms with van der Waals surface area (Å²) in [7, 11) is 0. The van der Waals surface area contributed by atoms with Gasteiger partial charge in [-0.2, -0.15) is 0 Å². The number of esters is 1. The van der Waals surface area contributed by atoms with Crippen molar-refractivity contribution in [3.05, 3.63) is 47.2 Å². The van der Waals surface area contributed by atoms with E-state index in [0.717, 1.165) is 5.56 Å². The second-order valence-corrected chi connectivity index (χ2v) is 5.95. The Bertz CT molecular complexity index is 483. The van der Waals surface area contributed by atoms with E-state index in [9.17, 15) is 4.79 Å². The van der Waals surface area contributed by atoms with Gasteiger partial charge in [-0.05, 0) is 33.3 Å². The average Bonchev–Trinajstić information content (AvgIpc) is 2.37. The minimum absolute atomic E-state index is 0.370. The van der Waals surface area contributed by atoms with Gasteiger partial charge >= 0.3 is 5.97 Å². The Labute approximate surface area is 126 Å². The van der Waals surface area contributed by atoms with Crippen molar-refractivity contribution in [3.63, 3.8) is 0 Å². The van der Waals surface area contributed by atoms with E-state index in [1.165, 1.54) is 0 Å². The van der Waals surface area contributed by atoms with Crippen molar-refractivity contribution in [2.24, 2.45) is 5.73 Å². The number of allylic oxidation sites excluding steroid dienone is 1. The van der Waals surface area contributed by atoms with Gasteiger partial charge in [0.25, 0.3) is 0 Å². The lowest BCUT2D eigenvalue weighted by Gasteiger charge is -2.21. The van der Waals surface area contributed by atoms with E-state index in [2.05, 4.69) is 0 Å². The molecule has 0 atom stereocenters. The van der Waals surface area contributed by atoms with Gasteiger partial charge in [-0.1, -0.05) is 30.3 Å². The summed E-state index contributed by atoms with van der Waals surface area (Å²) in [6.45, 7) is 8.15. The molecule has 0 aliphatic heterocycles. The van der Waals surface area contributed by atoms with Gasteiger partial charge in [0.05, 0.1) is 18.8 Å². The highest BCUT2D eigenvalue weighted by Gasteiger charge is 2.20. The highest BCUT2D eigenvalue weighted by atomic mass is 16.6. The van der Waals surface area contributed by atoms with Crippen molar-refractivity contribution in [3.8, 4) is 0 Å². The van der Waals surface area contributed by atoms with E-state index in [-0.39, 0.29) is 5.97 Å². The Morgan fingerprint density at radius 3 is 2.33 bits per heavy atom. The highest BCUT2D eigenvalue weighted by Crippen LogP contribution is 2.15. The SMILES string of the molecule is C/C(N)=C(\CCOCc1ccccc1)C(=O)OC(C)(C)C. The van der Waals surface area contributed by atoms with Gasteiger partial charge in [0.1, 0.15) is 5.60 Å². The summed E-state index contributed by atoms with van der Waals surface area (Å²) in [5.74, 6) is -0.370. The first-order valence-electron chi connectivity index (χ1n) is 7.10. The van der Waals surface area contributed by atoms with Crippen LogP contribution >= 0.6 is 0 Å². The number of nitrogens with two attached hydrogens (primary N) is 1. The normalized spacial score (nSPS) is 12.8. The molecule has 0 heterocycles. The van der Waals surface area contributed by atoms with E-state index in [4.69, 9.17) is 15.2 Å². The van der Waals surface area contributed by atoms with Gasteiger partial charge in [-0.3, -0.25) is 0 Å². The Morgan fingerprint density at radius 1 is 1.19 bits per heavy atom. The van der Waals surface area contributed by atoms with E-state index in [1.807, 2.05) is 51.1 Å². The van der Waals surface area contributed by atoms with Crippen LogP contribution in [0.1, 0.15) is 39.7 Å². The summed E-state index contributed by atoms with van der Waals surface area (Å²) >= 11 is 0.